The van der Waals surface area contributed by atoms with Crippen molar-refractivity contribution in [2.24, 2.45) is 0 Å². The van der Waals surface area contributed by atoms with Gasteiger partial charge in [-0.3, -0.25) is 9.69 Å². The number of thiazole rings is 1. The van der Waals surface area contributed by atoms with Gasteiger partial charge in [-0.25, -0.2) is 4.98 Å². The van der Waals surface area contributed by atoms with Gasteiger partial charge in [0.15, 0.2) is 0 Å². The predicted molar refractivity (Wildman–Crippen MR) is 98.2 cm³/mol. The predicted octanol–water partition coefficient (Wildman–Crippen LogP) is 2.16. The van der Waals surface area contributed by atoms with Gasteiger partial charge in [-0.2, -0.15) is 0 Å². The van der Waals surface area contributed by atoms with Crippen LogP contribution in [0.2, 0.25) is 0 Å². The Balaban J connectivity index is 1.72. The summed E-state index contributed by atoms with van der Waals surface area (Å²) >= 11 is 1.41. The molecule has 0 bridgehead atoms. The number of aliphatic carboxylic acids is 1. The van der Waals surface area contributed by atoms with Crippen LogP contribution in [-0.2, 0) is 16.0 Å². The first-order valence-electron chi connectivity index (χ1n) is 8.43. The summed E-state index contributed by atoms with van der Waals surface area (Å²) in [4.78, 5) is 17.6. The normalized spacial score (nSPS) is 15.0. The number of carboxylic acids is 1. The van der Waals surface area contributed by atoms with Gasteiger partial charge in [0.25, 0.3) is 0 Å². The molecular formula is C18H22N2O5S. The fourth-order valence-electron chi connectivity index (χ4n) is 2.70. The van der Waals surface area contributed by atoms with Crippen molar-refractivity contribution >= 4 is 17.3 Å². The van der Waals surface area contributed by atoms with Gasteiger partial charge >= 0.3 is 5.97 Å². The fraction of sp³-hybridized carbons (Fsp3) is 0.444. The average molecular weight is 378 g/mol. The molecule has 0 saturated carbocycles. The first kappa shape index (κ1) is 18.6. The molecule has 2 aromatic rings. The van der Waals surface area contributed by atoms with Gasteiger partial charge in [0.1, 0.15) is 23.1 Å². The summed E-state index contributed by atoms with van der Waals surface area (Å²) < 4.78 is 16.7. The number of hydrogen-bond acceptors (Lipinski definition) is 7. The minimum atomic E-state index is -0.890. The Morgan fingerprint density at radius 2 is 2.19 bits per heavy atom. The second kappa shape index (κ2) is 8.98. The van der Waals surface area contributed by atoms with Crippen LogP contribution in [0.25, 0.3) is 10.6 Å². The van der Waals surface area contributed by atoms with Gasteiger partial charge in [0.05, 0.1) is 38.0 Å². The van der Waals surface area contributed by atoms with Gasteiger partial charge in [-0.1, -0.05) is 0 Å². The molecule has 1 N–H and O–H groups in total. The molecule has 0 aliphatic carbocycles. The van der Waals surface area contributed by atoms with Crippen LogP contribution in [0.3, 0.4) is 0 Å². The number of morpholine rings is 1. The van der Waals surface area contributed by atoms with Crippen molar-refractivity contribution in [3.05, 3.63) is 29.3 Å². The van der Waals surface area contributed by atoms with Crippen LogP contribution in [0.4, 0.5) is 0 Å². The number of aromatic nitrogens is 1. The van der Waals surface area contributed by atoms with Gasteiger partial charge in [-0.05, 0) is 12.1 Å². The van der Waals surface area contributed by atoms with E-state index in [9.17, 15) is 4.79 Å². The van der Waals surface area contributed by atoms with E-state index in [1.54, 1.807) is 12.5 Å². The number of hydrogen-bond donors (Lipinski definition) is 1. The van der Waals surface area contributed by atoms with E-state index in [1.165, 1.54) is 11.3 Å². The third-order valence-corrected chi connectivity index (χ3v) is 5.00. The van der Waals surface area contributed by atoms with Crippen molar-refractivity contribution < 1.29 is 24.1 Å². The molecule has 0 radical (unpaired) electrons. The van der Waals surface area contributed by atoms with Crippen LogP contribution < -0.4 is 9.47 Å². The highest BCUT2D eigenvalue weighted by Crippen LogP contribution is 2.35. The molecule has 0 unspecified atom stereocenters. The number of carboxylic acid groups (broad SMARTS) is 1. The Morgan fingerprint density at radius 3 is 2.92 bits per heavy atom. The van der Waals surface area contributed by atoms with Crippen LogP contribution in [0.1, 0.15) is 5.69 Å². The maximum absolute atomic E-state index is 10.9. The molecule has 1 aromatic heterocycles. The summed E-state index contributed by atoms with van der Waals surface area (Å²) in [7, 11) is 1.61. The number of methoxy groups -OCH3 is 1. The van der Waals surface area contributed by atoms with E-state index >= 15 is 0 Å². The number of carbonyl (C=O) groups is 1. The maximum atomic E-state index is 10.9. The molecule has 26 heavy (non-hydrogen) atoms. The molecule has 3 rings (SSSR count). The number of ether oxygens (including phenoxy) is 3. The first-order valence-corrected chi connectivity index (χ1v) is 9.31. The Bertz CT molecular complexity index is 743. The molecule has 0 amide bonds. The van der Waals surface area contributed by atoms with Crippen molar-refractivity contribution in [3.63, 3.8) is 0 Å². The quantitative estimate of drug-likeness (QED) is 0.754. The molecule has 1 aliphatic heterocycles. The molecule has 1 fully saturated rings. The summed E-state index contributed by atoms with van der Waals surface area (Å²) in [6, 6.07) is 5.58. The van der Waals surface area contributed by atoms with Gasteiger partial charge < -0.3 is 19.3 Å². The summed E-state index contributed by atoms with van der Waals surface area (Å²) in [5.74, 6) is 0.504. The third kappa shape index (κ3) is 4.94. The topological polar surface area (TPSA) is 81.1 Å². The molecule has 0 spiro atoms. The lowest BCUT2D eigenvalue weighted by Gasteiger charge is -2.26. The minimum Gasteiger partial charge on any atom is -0.497 e. The van der Waals surface area contributed by atoms with Crippen molar-refractivity contribution in [1.82, 2.24) is 9.88 Å². The van der Waals surface area contributed by atoms with E-state index in [-0.39, 0.29) is 6.42 Å². The summed E-state index contributed by atoms with van der Waals surface area (Å²) in [6.07, 6.45) is -0.0835. The molecule has 1 aliphatic rings. The third-order valence-electron chi connectivity index (χ3n) is 4.07. The molecule has 8 heteroatoms. The maximum Gasteiger partial charge on any atom is 0.309 e. The van der Waals surface area contributed by atoms with Crippen molar-refractivity contribution in [1.29, 1.82) is 0 Å². The largest absolute Gasteiger partial charge is 0.497 e. The van der Waals surface area contributed by atoms with Crippen LogP contribution in [-0.4, -0.2) is 67.5 Å². The van der Waals surface area contributed by atoms with Crippen molar-refractivity contribution in [3.8, 4) is 22.1 Å². The van der Waals surface area contributed by atoms with Crippen molar-refractivity contribution in [2.45, 2.75) is 6.42 Å². The van der Waals surface area contributed by atoms with E-state index in [0.29, 0.717) is 23.8 Å². The second-order valence-electron chi connectivity index (χ2n) is 5.88. The molecule has 2 heterocycles. The molecule has 1 aromatic carbocycles. The van der Waals surface area contributed by atoms with Crippen molar-refractivity contribution in [2.75, 3.05) is 46.6 Å². The highest BCUT2D eigenvalue weighted by molar-refractivity contribution is 7.13. The lowest BCUT2D eigenvalue weighted by Crippen LogP contribution is -2.38. The molecule has 1 saturated heterocycles. The highest BCUT2D eigenvalue weighted by Gasteiger charge is 2.15. The zero-order valence-corrected chi connectivity index (χ0v) is 15.5. The average Bonchev–Trinajstić information content (AvgIpc) is 3.10. The zero-order chi connectivity index (χ0) is 18.4. The standard InChI is InChI=1S/C18H22N2O5S/c1-23-14-2-3-15(18-19-13(12-26-18)10-17(21)22)16(11-14)25-9-6-20-4-7-24-8-5-20/h2-3,11-12H,4-10H2,1H3,(H,21,22). The summed E-state index contributed by atoms with van der Waals surface area (Å²) in [6.45, 7) is 4.72. The van der Waals surface area contributed by atoms with E-state index in [0.717, 1.165) is 43.4 Å². The van der Waals surface area contributed by atoms with E-state index in [2.05, 4.69) is 9.88 Å². The van der Waals surface area contributed by atoms with Gasteiger partial charge in [0.2, 0.25) is 0 Å². The molecule has 0 atom stereocenters. The molecule has 140 valence electrons. The summed E-state index contributed by atoms with van der Waals surface area (Å²) in [5.41, 5.74) is 1.39. The van der Waals surface area contributed by atoms with Gasteiger partial charge in [0, 0.05) is 31.1 Å². The molecule has 7 nitrogen and oxygen atoms in total. The van der Waals surface area contributed by atoms with Crippen LogP contribution in [0.15, 0.2) is 23.6 Å². The highest BCUT2D eigenvalue weighted by atomic mass is 32.1. The molecular weight excluding hydrogens is 356 g/mol. The Hall–Kier alpha value is -2.16. The van der Waals surface area contributed by atoms with E-state index in [4.69, 9.17) is 19.3 Å². The number of nitrogens with zero attached hydrogens (tertiary/aromatic N) is 2. The Labute approximate surface area is 156 Å². The van der Waals surface area contributed by atoms with E-state index in [1.807, 2.05) is 18.2 Å². The SMILES string of the molecule is COc1ccc(-c2nc(CC(=O)O)cs2)c(OCCN2CCOCC2)c1. The zero-order valence-electron chi connectivity index (χ0n) is 14.6. The fourth-order valence-corrected chi connectivity index (χ4v) is 3.55. The number of benzene rings is 1. The van der Waals surface area contributed by atoms with Gasteiger partial charge in [-0.15, -0.1) is 11.3 Å². The smallest absolute Gasteiger partial charge is 0.309 e. The number of rotatable bonds is 8. The monoisotopic (exact) mass is 378 g/mol. The van der Waals surface area contributed by atoms with Crippen LogP contribution >= 0.6 is 11.3 Å². The summed E-state index contributed by atoms with van der Waals surface area (Å²) in [5, 5.41) is 11.4. The lowest BCUT2D eigenvalue weighted by molar-refractivity contribution is -0.136. The Kier molecular flexibility index (Phi) is 6.43. The Morgan fingerprint density at radius 1 is 1.38 bits per heavy atom. The minimum absolute atomic E-state index is 0.0835. The van der Waals surface area contributed by atoms with Crippen LogP contribution in [0.5, 0.6) is 11.5 Å². The lowest BCUT2D eigenvalue weighted by atomic mass is 10.2. The second-order valence-corrected chi connectivity index (χ2v) is 6.74. The van der Waals surface area contributed by atoms with E-state index < -0.39 is 5.97 Å². The first-order chi connectivity index (χ1) is 12.7. The van der Waals surface area contributed by atoms with Crippen LogP contribution in [0, 0.1) is 0 Å².